The molecule has 0 fully saturated rings. The van der Waals surface area contributed by atoms with E-state index in [1.54, 1.807) is 0 Å². The van der Waals surface area contributed by atoms with Gasteiger partial charge in [0.15, 0.2) is 0 Å². The van der Waals surface area contributed by atoms with Crippen LogP contribution >= 0.6 is 0 Å². The molecule has 0 aromatic heterocycles. The van der Waals surface area contributed by atoms with Crippen LogP contribution in [0.25, 0.3) is 43.1 Å². The number of carbonyl (C=O) groups is 4. The SMILES string of the molecule is CCCCCCCCOc1cc2c3c(ccc4c5c(OCCCCCCCC)cc6c7c(ccc(c1c34)c75)C(=O)N(CCCCCC)C6=O)C(=O)N(CCCCCC)C2=O. The Morgan fingerprint density at radius 1 is 0.367 bits per heavy atom. The van der Waals surface area contributed by atoms with Gasteiger partial charge < -0.3 is 9.47 Å². The number of carbonyl (C=O) groups excluding carboxylic acids is 4. The largest absolute Gasteiger partial charge is 0.493 e. The fraction of sp³-hybridized carbons (Fsp3) is 0.538. The number of benzene rings is 5. The average molecular weight is 815 g/mol. The molecule has 5 aromatic rings. The molecule has 0 spiro atoms. The number of imide groups is 2. The van der Waals surface area contributed by atoms with Crippen molar-refractivity contribution < 1.29 is 28.7 Å². The van der Waals surface area contributed by atoms with Gasteiger partial charge in [0, 0.05) is 56.5 Å². The van der Waals surface area contributed by atoms with Crippen LogP contribution < -0.4 is 9.47 Å². The van der Waals surface area contributed by atoms with E-state index in [0.29, 0.717) is 70.8 Å². The van der Waals surface area contributed by atoms with Gasteiger partial charge in [0.2, 0.25) is 0 Å². The lowest BCUT2D eigenvalue weighted by Gasteiger charge is -2.31. The summed E-state index contributed by atoms with van der Waals surface area (Å²) in [6, 6.07) is 11.4. The lowest BCUT2D eigenvalue weighted by atomic mass is 9.81. The van der Waals surface area contributed by atoms with E-state index < -0.39 is 0 Å². The first kappa shape index (κ1) is 43.4. The van der Waals surface area contributed by atoms with Crippen molar-refractivity contribution in [1.82, 2.24) is 9.80 Å². The van der Waals surface area contributed by atoms with Gasteiger partial charge in [-0.1, -0.05) is 143 Å². The van der Waals surface area contributed by atoms with E-state index in [9.17, 15) is 19.2 Å². The second-order valence-electron chi connectivity index (χ2n) is 17.3. The predicted octanol–water partition coefficient (Wildman–Crippen LogP) is 13.6. The summed E-state index contributed by atoms with van der Waals surface area (Å²) in [6.45, 7) is 10.5. The number of hydrogen-bond donors (Lipinski definition) is 0. The summed E-state index contributed by atoms with van der Waals surface area (Å²) in [7, 11) is 0. The molecule has 0 unspecified atom stereocenters. The van der Waals surface area contributed by atoms with Crippen LogP contribution in [-0.2, 0) is 0 Å². The summed E-state index contributed by atoms with van der Waals surface area (Å²) in [6.07, 6.45) is 21.0. The third-order valence-electron chi connectivity index (χ3n) is 12.9. The van der Waals surface area contributed by atoms with Gasteiger partial charge in [-0.05, 0) is 60.7 Å². The van der Waals surface area contributed by atoms with Gasteiger partial charge >= 0.3 is 0 Å². The van der Waals surface area contributed by atoms with Gasteiger partial charge in [-0.25, -0.2) is 0 Å². The summed E-state index contributed by atoms with van der Waals surface area (Å²) in [5.74, 6) is 0.0574. The van der Waals surface area contributed by atoms with Crippen LogP contribution in [0.1, 0.15) is 198 Å². The van der Waals surface area contributed by atoms with E-state index in [1.807, 2.05) is 36.4 Å². The topological polar surface area (TPSA) is 93.2 Å². The zero-order chi connectivity index (χ0) is 42.2. The molecular formula is C52H66N2O6. The van der Waals surface area contributed by atoms with E-state index in [0.717, 1.165) is 122 Å². The predicted molar refractivity (Wildman–Crippen MR) is 244 cm³/mol. The Labute approximate surface area is 356 Å². The Morgan fingerprint density at radius 3 is 1.08 bits per heavy atom. The zero-order valence-corrected chi connectivity index (χ0v) is 36.8. The van der Waals surface area contributed by atoms with E-state index in [1.165, 1.54) is 48.3 Å². The van der Waals surface area contributed by atoms with Crippen molar-refractivity contribution in [3.05, 3.63) is 58.7 Å². The van der Waals surface area contributed by atoms with Crippen LogP contribution in [0.3, 0.4) is 0 Å². The Hall–Kier alpha value is -4.72. The molecule has 7 rings (SSSR count). The lowest BCUT2D eigenvalue weighted by Crippen LogP contribution is -2.41. The van der Waals surface area contributed by atoms with Crippen LogP contribution in [-0.4, -0.2) is 59.7 Å². The smallest absolute Gasteiger partial charge is 0.261 e. The van der Waals surface area contributed by atoms with Crippen molar-refractivity contribution in [3.63, 3.8) is 0 Å². The number of rotatable bonds is 26. The fourth-order valence-corrected chi connectivity index (χ4v) is 9.65. The minimum absolute atomic E-state index is 0.270. The van der Waals surface area contributed by atoms with Gasteiger partial charge in [-0.2, -0.15) is 0 Å². The van der Waals surface area contributed by atoms with E-state index in [2.05, 4.69) is 27.7 Å². The van der Waals surface area contributed by atoms with Crippen LogP contribution in [0, 0.1) is 0 Å². The maximum absolute atomic E-state index is 14.5. The molecule has 2 aliphatic rings. The van der Waals surface area contributed by atoms with Crippen LogP contribution in [0.15, 0.2) is 36.4 Å². The second kappa shape index (κ2) is 20.2. The number of amides is 4. The summed E-state index contributed by atoms with van der Waals surface area (Å²) in [5.41, 5.74) is 1.98. The second-order valence-corrected chi connectivity index (χ2v) is 17.3. The van der Waals surface area contributed by atoms with Gasteiger partial charge in [-0.15, -0.1) is 0 Å². The average Bonchev–Trinajstić information content (AvgIpc) is 3.25. The van der Waals surface area contributed by atoms with Crippen molar-refractivity contribution in [2.45, 2.75) is 156 Å². The Balaban J connectivity index is 1.42. The number of nitrogens with zero attached hydrogens (tertiary/aromatic N) is 2. The highest BCUT2D eigenvalue weighted by Crippen LogP contribution is 2.52. The molecule has 0 bridgehead atoms. The number of unbranched alkanes of at least 4 members (excludes halogenated alkanes) is 16. The molecule has 2 heterocycles. The molecule has 320 valence electrons. The molecule has 0 radical (unpaired) electrons. The van der Waals surface area contributed by atoms with Crippen LogP contribution in [0.4, 0.5) is 0 Å². The highest BCUT2D eigenvalue weighted by molar-refractivity contribution is 6.43. The fourth-order valence-electron chi connectivity index (χ4n) is 9.65. The number of ether oxygens (including phenoxy) is 2. The zero-order valence-electron chi connectivity index (χ0n) is 36.8. The minimum Gasteiger partial charge on any atom is -0.493 e. The van der Waals surface area contributed by atoms with Crippen molar-refractivity contribution >= 4 is 66.7 Å². The van der Waals surface area contributed by atoms with Crippen LogP contribution in [0.2, 0.25) is 0 Å². The molecule has 0 saturated heterocycles. The highest BCUT2D eigenvalue weighted by Gasteiger charge is 2.38. The van der Waals surface area contributed by atoms with E-state index in [4.69, 9.17) is 9.47 Å². The number of hydrogen-bond acceptors (Lipinski definition) is 6. The number of fused-ring (bicyclic) bond motifs is 2. The summed E-state index contributed by atoms with van der Waals surface area (Å²) < 4.78 is 13.5. The van der Waals surface area contributed by atoms with Crippen molar-refractivity contribution in [2.24, 2.45) is 0 Å². The first-order valence-electron chi connectivity index (χ1n) is 23.6. The molecule has 8 nitrogen and oxygen atoms in total. The molecule has 0 atom stereocenters. The maximum atomic E-state index is 14.5. The molecule has 0 aliphatic carbocycles. The summed E-state index contributed by atoms with van der Waals surface area (Å²) >= 11 is 0. The molecule has 4 amide bonds. The first-order valence-corrected chi connectivity index (χ1v) is 23.6. The summed E-state index contributed by atoms with van der Waals surface area (Å²) in [5, 5.41) is 6.11. The Morgan fingerprint density at radius 2 is 0.700 bits per heavy atom. The molecular weight excluding hydrogens is 749 g/mol. The van der Waals surface area contributed by atoms with Crippen molar-refractivity contribution in [1.29, 1.82) is 0 Å². The Kier molecular flexibility index (Phi) is 14.6. The standard InChI is InChI=1S/C52H66N2O6/c1-5-9-13-17-19-23-31-59-41-33-39-43-37(49(55)53(51(39)57)29-21-15-11-7-3)28-26-36-46-42(60-32-24-20-18-14-10-6-2)34-40-44-38(27-25-35(48(44)46)45(41)47(36)43)50(56)54(52(40)58)30-22-16-12-8-4/h25-28,33-34H,5-24,29-32H2,1-4H3. The normalized spacial score (nSPS) is 14.0. The summed E-state index contributed by atoms with van der Waals surface area (Å²) in [4.78, 5) is 60.5. The van der Waals surface area contributed by atoms with Gasteiger partial charge in [0.05, 0.1) is 24.3 Å². The van der Waals surface area contributed by atoms with Crippen molar-refractivity contribution in [2.75, 3.05) is 26.3 Å². The maximum Gasteiger partial charge on any atom is 0.261 e. The highest BCUT2D eigenvalue weighted by atomic mass is 16.5. The molecule has 0 N–H and O–H groups in total. The monoisotopic (exact) mass is 814 g/mol. The van der Waals surface area contributed by atoms with Crippen LogP contribution in [0.5, 0.6) is 11.5 Å². The Bertz CT molecular complexity index is 2180. The van der Waals surface area contributed by atoms with Gasteiger partial charge in [0.1, 0.15) is 11.5 Å². The molecule has 60 heavy (non-hydrogen) atoms. The van der Waals surface area contributed by atoms with Crippen molar-refractivity contribution in [3.8, 4) is 11.5 Å². The van der Waals surface area contributed by atoms with Gasteiger partial charge in [0.25, 0.3) is 23.6 Å². The third-order valence-corrected chi connectivity index (χ3v) is 12.9. The first-order chi connectivity index (χ1) is 29.4. The molecule has 5 aromatic carbocycles. The molecule has 0 saturated carbocycles. The minimum atomic E-state index is -0.289. The van der Waals surface area contributed by atoms with E-state index >= 15 is 0 Å². The van der Waals surface area contributed by atoms with Gasteiger partial charge in [-0.3, -0.25) is 29.0 Å². The van der Waals surface area contributed by atoms with E-state index in [-0.39, 0.29) is 23.6 Å². The molecule has 2 aliphatic heterocycles. The molecule has 8 heteroatoms. The quantitative estimate of drug-likeness (QED) is 0.0239. The third kappa shape index (κ3) is 8.45. The lowest BCUT2D eigenvalue weighted by molar-refractivity contribution is 0.0592.